The molecule has 1 N–H and O–H groups in total. The minimum absolute atomic E-state index is 0.00853. The molecule has 0 fully saturated rings. The number of benzene rings is 1. The zero-order valence-electron chi connectivity index (χ0n) is 14.4. The molecular weight excluding hydrogens is 358 g/mol. The number of carbonyl (C=O) groups is 1. The highest BCUT2D eigenvalue weighted by atomic mass is 32.2. The minimum Gasteiger partial charge on any atom is -0.497 e. The monoisotopic (exact) mass is 375 g/mol. The van der Waals surface area contributed by atoms with Crippen molar-refractivity contribution in [3.05, 3.63) is 54.1 Å². The molecule has 2 heterocycles. The van der Waals surface area contributed by atoms with E-state index in [-0.39, 0.29) is 10.6 Å². The number of nitrogens with one attached hydrogen (secondary N) is 1. The number of hydrogen-bond donors (Lipinski definition) is 1. The molecule has 0 bridgehead atoms. The standard InChI is InChI=1S/C16H17N5O4S/c1-11-8-15(18-21(11)12-4-6-13(25-3)7-5-12)16(22)19-26(23,24)14-9-17-20(2)10-14/h4-10H,1-3H3,(H,19,22). The average molecular weight is 375 g/mol. The molecule has 0 aliphatic carbocycles. The molecule has 10 heteroatoms. The Balaban J connectivity index is 1.84. The van der Waals surface area contributed by atoms with E-state index in [0.29, 0.717) is 11.4 Å². The van der Waals surface area contributed by atoms with Gasteiger partial charge in [0.05, 0.1) is 19.0 Å². The SMILES string of the molecule is COc1ccc(-n2nc(C(=O)NS(=O)(=O)c3cnn(C)c3)cc2C)cc1. The normalized spacial score (nSPS) is 11.3. The summed E-state index contributed by atoms with van der Waals surface area (Å²) in [5, 5.41) is 7.99. The molecule has 0 unspecified atom stereocenters. The van der Waals surface area contributed by atoms with Crippen LogP contribution in [0.4, 0.5) is 0 Å². The van der Waals surface area contributed by atoms with Crippen molar-refractivity contribution < 1.29 is 17.9 Å². The third kappa shape index (κ3) is 3.45. The van der Waals surface area contributed by atoms with Crippen molar-refractivity contribution in [3.63, 3.8) is 0 Å². The fourth-order valence-electron chi connectivity index (χ4n) is 2.34. The van der Waals surface area contributed by atoms with Crippen LogP contribution in [0.15, 0.2) is 47.6 Å². The van der Waals surface area contributed by atoms with Gasteiger partial charge in [-0.05, 0) is 37.3 Å². The zero-order chi connectivity index (χ0) is 18.9. The number of ether oxygens (including phenoxy) is 1. The molecule has 1 amide bonds. The van der Waals surface area contributed by atoms with Crippen LogP contribution in [0.2, 0.25) is 0 Å². The summed E-state index contributed by atoms with van der Waals surface area (Å²) >= 11 is 0. The second-order valence-electron chi connectivity index (χ2n) is 5.57. The van der Waals surface area contributed by atoms with Crippen molar-refractivity contribution in [2.75, 3.05) is 7.11 Å². The van der Waals surface area contributed by atoms with Gasteiger partial charge in [-0.15, -0.1) is 0 Å². The van der Waals surface area contributed by atoms with Crippen molar-refractivity contribution in [3.8, 4) is 11.4 Å². The van der Waals surface area contributed by atoms with Crippen LogP contribution < -0.4 is 9.46 Å². The van der Waals surface area contributed by atoms with Crippen molar-refractivity contribution >= 4 is 15.9 Å². The van der Waals surface area contributed by atoms with Gasteiger partial charge in [-0.3, -0.25) is 9.48 Å². The molecule has 3 aromatic rings. The maximum atomic E-state index is 12.3. The van der Waals surface area contributed by atoms with Crippen LogP contribution in [0.5, 0.6) is 5.75 Å². The first-order chi connectivity index (χ1) is 12.3. The van der Waals surface area contributed by atoms with E-state index < -0.39 is 15.9 Å². The van der Waals surface area contributed by atoms with Crippen LogP contribution in [0.1, 0.15) is 16.2 Å². The van der Waals surface area contributed by atoms with E-state index in [2.05, 4.69) is 10.2 Å². The Hall–Kier alpha value is -3.14. The molecule has 2 aromatic heterocycles. The molecule has 1 aromatic carbocycles. The lowest BCUT2D eigenvalue weighted by Gasteiger charge is -2.05. The lowest BCUT2D eigenvalue weighted by molar-refractivity contribution is 0.0976. The smallest absolute Gasteiger partial charge is 0.285 e. The fraction of sp³-hybridized carbons (Fsp3) is 0.188. The molecule has 0 spiro atoms. The first-order valence-electron chi connectivity index (χ1n) is 7.57. The Labute approximate surface area is 150 Å². The van der Waals surface area contributed by atoms with E-state index in [1.165, 1.54) is 16.9 Å². The van der Waals surface area contributed by atoms with Gasteiger partial charge in [-0.1, -0.05) is 0 Å². The molecule has 9 nitrogen and oxygen atoms in total. The molecule has 26 heavy (non-hydrogen) atoms. The Morgan fingerprint density at radius 2 is 1.92 bits per heavy atom. The maximum Gasteiger partial charge on any atom is 0.285 e. The predicted molar refractivity (Wildman–Crippen MR) is 92.7 cm³/mol. The van der Waals surface area contributed by atoms with Crippen LogP contribution in [-0.2, 0) is 17.1 Å². The van der Waals surface area contributed by atoms with Gasteiger partial charge >= 0.3 is 0 Å². The van der Waals surface area contributed by atoms with E-state index in [1.807, 2.05) is 4.72 Å². The average Bonchev–Trinajstić information content (AvgIpc) is 3.21. The van der Waals surface area contributed by atoms with Crippen LogP contribution in [0.3, 0.4) is 0 Å². The number of sulfonamides is 1. The Bertz CT molecular complexity index is 1050. The number of nitrogens with zero attached hydrogens (tertiary/aromatic N) is 4. The number of hydrogen-bond acceptors (Lipinski definition) is 6. The summed E-state index contributed by atoms with van der Waals surface area (Å²) in [4.78, 5) is 12.2. The van der Waals surface area contributed by atoms with Crippen molar-refractivity contribution in [2.45, 2.75) is 11.8 Å². The predicted octanol–water partition coefficient (Wildman–Crippen LogP) is 1.04. The number of amides is 1. The first kappa shape index (κ1) is 17.7. The molecule has 0 saturated heterocycles. The van der Waals surface area contributed by atoms with Crippen LogP contribution in [-0.4, -0.2) is 41.0 Å². The fourth-order valence-corrected chi connectivity index (χ4v) is 3.28. The lowest BCUT2D eigenvalue weighted by atomic mass is 10.3. The number of methoxy groups -OCH3 is 1. The van der Waals surface area contributed by atoms with Crippen molar-refractivity contribution in [1.29, 1.82) is 0 Å². The number of rotatable bonds is 5. The van der Waals surface area contributed by atoms with Crippen LogP contribution >= 0.6 is 0 Å². The van der Waals surface area contributed by atoms with Gasteiger partial charge in [-0.2, -0.15) is 10.2 Å². The van der Waals surface area contributed by atoms with E-state index in [1.54, 1.807) is 50.0 Å². The Morgan fingerprint density at radius 1 is 1.23 bits per heavy atom. The summed E-state index contributed by atoms with van der Waals surface area (Å²) in [7, 11) is -0.860. The quantitative estimate of drug-likeness (QED) is 0.714. The summed E-state index contributed by atoms with van der Waals surface area (Å²) in [5.41, 5.74) is 1.39. The van der Waals surface area contributed by atoms with Gasteiger partial charge in [0.1, 0.15) is 10.6 Å². The second-order valence-corrected chi connectivity index (χ2v) is 7.25. The number of aromatic nitrogens is 4. The summed E-state index contributed by atoms with van der Waals surface area (Å²) in [6.45, 7) is 1.77. The van der Waals surface area contributed by atoms with Gasteiger partial charge in [0.25, 0.3) is 15.9 Å². The summed E-state index contributed by atoms with van der Waals surface area (Å²) < 4.78 is 34.4. The van der Waals surface area contributed by atoms with Crippen molar-refractivity contribution in [2.24, 2.45) is 7.05 Å². The van der Waals surface area contributed by atoms with Crippen molar-refractivity contribution in [1.82, 2.24) is 24.3 Å². The molecule has 0 aliphatic rings. The highest BCUT2D eigenvalue weighted by molar-refractivity contribution is 7.90. The van der Waals surface area contributed by atoms with E-state index >= 15 is 0 Å². The number of carbonyl (C=O) groups excluding carboxylic acids is 1. The molecule has 0 aliphatic heterocycles. The zero-order valence-corrected chi connectivity index (χ0v) is 15.2. The second kappa shape index (κ2) is 6.64. The molecule has 0 saturated carbocycles. The minimum atomic E-state index is -4.01. The molecular formula is C16H17N5O4S. The summed E-state index contributed by atoms with van der Waals surface area (Å²) in [6.07, 6.45) is 2.47. The van der Waals surface area contributed by atoms with Gasteiger partial charge in [0.2, 0.25) is 0 Å². The van der Waals surface area contributed by atoms with Crippen LogP contribution in [0, 0.1) is 6.92 Å². The van der Waals surface area contributed by atoms with E-state index in [9.17, 15) is 13.2 Å². The molecule has 3 rings (SSSR count). The highest BCUT2D eigenvalue weighted by Crippen LogP contribution is 2.17. The first-order valence-corrected chi connectivity index (χ1v) is 9.05. The maximum absolute atomic E-state index is 12.3. The Kier molecular flexibility index (Phi) is 4.51. The third-order valence-electron chi connectivity index (χ3n) is 3.66. The third-order valence-corrected chi connectivity index (χ3v) is 4.94. The Morgan fingerprint density at radius 3 is 2.50 bits per heavy atom. The van der Waals surface area contributed by atoms with E-state index in [0.717, 1.165) is 11.9 Å². The van der Waals surface area contributed by atoms with Gasteiger partial charge in [0, 0.05) is 18.9 Å². The lowest BCUT2D eigenvalue weighted by Crippen LogP contribution is -2.30. The molecule has 136 valence electrons. The summed E-state index contributed by atoms with van der Waals surface area (Å²) in [5.74, 6) is -0.122. The molecule has 0 radical (unpaired) electrons. The van der Waals surface area contributed by atoms with Crippen LogP contribution in [0.25, 0.3) is 5.69 Å². The highest BCUT2D eigenvalue weighted by Gasteiger charge is 2.22. The molecule has 0 atom stereocenters. The largest absolute Gasteiger partial charge is 0.497 e. The van der Waals surface area contributed by atoms with Gasteiger partial charge in [-0.25, -0.2) is 17.8 Å². The van der Waals surface area contributed by atoms with Gasteiger partial charge in [0.15, 0.2) is 5.69 Å². The van der Waals surface area contributed by atoms with Gasteiger partial charge < -0.3 is 4.74 Å². The number of aryl methyl sites for hydroxylation is 2. The topological polar surface area (TPSA) is 108 Å². The van der Waals surface area contributed by atoms with E-state index in [4.69, 9.17) is 4.74 Å². The summed E-state index contributed by atoms with van der Waals surface area (Å²) in [6, 6.07) is 8.62.